The fourth-order valence-electron chi connectivity index (χ4n) is 2.21. The number of sulfone groups is 1. The Hall–Kier alpha value is -2.59. The summed E-state index contributed by atoms with van der Waals surface area (Å²) in [4.78, 5) is 11.8. The van der Waals surface area contributed by atoms with E-state index in [1.807, 2.05) is 16.8 Å². The molecule has 0 aliphatic rings. The predicted octanol–water partition coefficient (Wildman–Crippen LogP) is 3.24. The molecule has 1 aromatic carbocycles. The molecule has 1 N–H and O–H groups in total. The summed E-state index contributed by atoms with van der Waals surface area (Å²) < 4.78 is 49.5. The Kier molecular flexibility index (Phi) is 5.14. The van der Waals surface area contributed by atoms with Crippen LogP contribution in [0.2, 0.25) is 0 Å². The number of amides is 1. The first-order valence-electron chi connectivity index (χ1n) is 7.34. The van der Waals surface area contributed by atoms with Crippen LogP contribution in [0.4, 0.5) is 14.6 Å². The van der Waals surface area contributed by atoms with Gasteiger partial charge in [0.2, 0.25) is 9.84 Å². The maximum atomic E-state index is 12.5. The van der Waals surface area contributed by atoms with E-state index in [1.54, 1.807) is 28.3 Å². The van der Waals surface area contributed by atoms with Gasteiger partial charge in [0.05, 0.1) is 17.6 Å². The molecular weight excluding hydrogens is 384 g/mol. The van der Waals surface area contributed by atoms with Crippen molar-refractivity contribution in [2.45, 2.75) is 17.2 Å². The smallest absolute Gasteiger partial charge is 0.307 e. The first-order chi connectivity index (χ1) is 12.4. The molecule has 0 saturated carbocycles. The molecule has 0 aliphatic heterocycles. The van der Waals surface area contributed by atoms with Crippen LogP contribution in [0.1, 0.15) is 15.9 Å². The molecule has 0 saturated heterocycles. The Morgan fingerprint density at radius 3 is 2.54 bits per heavy atom. The predicted molar refractivity (Wildman–Crippen MR) is 93.2 cm³/mol. The van der Waals surface area contributed by atoms with E-state index in [9.17, 15) is 22.0 Å². The van der Waals surface area contributed by atoms with Gasteiger partial charge in [-0.05, 0) is 46.7 Å². The summed E-state index contributed by atoms with van der Waals surface area (Å²) in [7, 11) is -4.68. The number of benzene rings is 1. The number of hydrogen-bond donors (Lipinski definition) is 1. The average Bonchev–Trinajstić information content (AvgIpc) is 3.28. The van der Waals surface area contributed by atoms with Crippen molar-refractivity contribution in [3.8, 4) is 0 Å². The second-order valence-electron chi connectivity index (χ2n) is 5.29. The molecule has 0 atom stereocenters. The number of halogens is 2. The second-order valence-corrected chi connectivity index (χ2v) is 7.99. The summed E-state index contributed by atoms with van der Waals surface area (Å²) >= 11 is 1.55. The van der Waals surface area contributed by atoms with Crippen LogP contribution in [0.25, 0.3) is 0 Å². The van der Waals surface area contributed by atoms with Gasteiger partial charge in [-0.1, -0.05) is 0 Å². The van der Waals surface area contributed by atoms with Gasteiger partial charge < -0.3 is 5.32 Å². The number of rotatable bonds is 6. The molecular formula is C16H13F2N3O3S2. The lowest BCUT2D eigenvalue weighted by Crippen LogP contribution is -2.16. The second kappa shape index (κ2) is 7.34. The molecule has 0 spiro atoms. The Bertz CT molecular complexity index is 998. The lowest BCUT2D eigenvalue weighted by molar-refractivity contribution is 0.102. The normalized spacial score (nSPS) is 11.7. The summed E-state index contributed by atoms with van der Waals surface area (Å²) in [5.41, 5.74) is 1.18. The van der Waals surface area contributed by atoms with E-state index in [-0.39, 0.29) is 5.56 Å². The molecule has 26 heavy (non-hydrogen) atoms. The maximum Gasteiger partial charge on any atom is 0.341 e. The Balaban J connectivity index is 1.74. The average molecular weight is 397 g/mol. The van der Waals surface area contributed by atoms with Gasteiger partial charge in [0.15, 0.2) is 0 Å². The molecule has 0 bridgehead atoms. The van der Waals surface area contributed by atoms with Crippen molar-refractivity contribution in [3.63, 3.8) is 0 Å². The minimum absolute atomic E-state index is 0.140. The number of thiophene rings is 1. The van der Waals surface area contributed by atoms with E-state index in [4.69, 9.17) is 0 Å². The van der Waals surface area contributed by atoms with Crippen LogP contribution in [0.5, 0.6) is 0 Å². The standard InChI is InChI=1S/C16H13F2N3O3S2/c17-16(18)26(23,24)13-3-1-12(2-4-13)15(22)20-14-5-7-19-21(14)9-11-6-8-25-10-11/h1-8,10,16H,9H2,(H,20,22). The first kappa shape index (κ1) is 18.2. The van der Waals surface area contributed by atoms with Crippen LogP contribution >= 0.6 is 11.3 Å². The minimum Gasteiger partial charge on any atom is -0.307 e. The molecule has 3 aromatic rings. The van der Waals surface area contributed by atoms with Crippen LogP contribution in [-0.2, 0) is 16.4 Å². The number of hydrogen-bond acceptors (Lipinski definition) is 5. The number of nitrogens with zero attached hydrogens (tertiary/aromatic N) is 2. The third-order valence-corrected chi connectivity index (χ3v) is 5.68. The van der Waals surface area contributed by atoms with Crippen LogP contribution in [0.15, 0.2) is 58.3 Å². The highest BCUT2D eigenvalue weighted by atomic mass is 32.2. The highest BCUT2D eigenvalue weighted by Gasteiger charge is 2.26. The Morgan fingerprint density at radius 1 is 1.19 bits per heavy atom. The number of carbonyl (C=O) groups is 1. The summed E-state index contributed by atoms with van der Waals surface area (Å²) in [6.07, 6.45) is 1.54. The van der Waals surface area contributed by atoms with Crippen molar-refractivity contribution >= 4 is 32.9 Å². The zero-order valence-electron chi connectivity index (χ0n) is 13.2. The van der Waals surface area contributed by atoms with Crippen molar-refractivity contribution in [2.75, 3.05) is 5.32 Å². The Labute approximate surface area is 152 Å². The molecule has 2 heterocycles. The van der Waals surface area contributed by atoms with Gasteiger partial charge in [0, 0.05) is 11.6 Å². The first-order valence-corrected chi connectivity index (χ1v) is 9.83. The van der Waals surface area contributed by atoms with Gasteiger partial charge in [-0.25, -0.2) is 13.1 Å². The molecule has 136 valence electrons. The van der Waals surface area contributed by atoms with Crippen LogP contribution in [0.3, 0.4) is 0 Å². The van der Waals surface area contributed by atoms with Crippen molar-refractivity contribution in [2.24, 2.45) is 0 Å². The van der Waals surface area contributed by atoms with E-state index in [0.717, 1.165) is 17.7 Å². The van der Waals surface area contributed by atoms with E-state index < -0.39 is 26.4 Å². The minimum atomic E-state index is -4.68. The third kappa shape index (κ3) is 3.81. The van der Waals surface area contributed by atoms with Gasteiger partial charge in [0.25, 0.3) is 5.91 Å². The molecule has 10 heteroatoms. The number of alkyl halides is 2. The molecule has 1 amide bonds. The monoisotopic (exact) mass is 397 g/mol. The highest BCUT2D eigenvalue weighted by Crippen LogP contribution is 2.19. The van der Waals surface area contributed by atoms with Crippen molar-refractivity contribution in [3.05, 3.63) is 64.5 Å². The van der Waals surface area contributed by atoms with Gasteiger partial charge >= 0.3 is 5.76 Å². The zero-order valence-corrected chi connectivity index (χ0v) is 14.8. The summed E-state index contributed by atoms with van der Waals surface area (Å²) in [5.74, 6) is -3.54. The molecule has 6 nitrogen and oxygen atoms in total. The van der Waals surface area contributed by atoms with E-state index >= 15 is 0 Å². The van der Waals surface area contributed by atoms with E-state index in [0.29, 0.717) is 12.4 Å². The van der Waals surface area contributed by atoms with E-state index in [1.165, 1.54) is 12.1 Å². The van der Waals surface area contributed by atoms with Gasteiger partial charge in [-0.15, -0.1) is 0 Å². The molecule has 0 aliphatic carbocycles. The maximum absolute atomic E-state index is 12.5. The summed E-state index contributed by atoms with van der Waals surface area (Å²) in [6, 6.07) is 7.91. The van der Waals surface area contributed by atoms with Gasteiger partial charge in [-0.2, -0.15) is 25.2 Å². The van der Waals surface area contributed by atoms with Crippen LogP contribution < -0.4 is 5.32 Å². The van der Waals surface area contributed by atoms with Crippen molar-refractivity contribution < 1.29 is 22.0 Å². The topological polar surface area (TPSA) is 81.1 Å². The Morgan fingerprint density at radius 2 is 1.92 bits per heavy atom. The number of nitrogens with one attached hydrogen (secondary N) is 1. The summed E-state index contributed by atoms with van der Waals surface area (Å²) in [6.45, 7) is 0.484. The molecule has 0 unspecified atom stereocenters. The SMILES string of the molecule is O=C(Nc1ccnn1Cc1ccsc1)c1ccc(S(=O)(=O)C(F)F)cc1. The van der Waals surface area contributed by atoms with Crippen molar-refractivity contribution in [1.29, 1.82) is 0 Å². The number of aromatic nitrogens is 2. The number of anilines is 1. The van der Waals surface area contributed by atoms with Gasteiger partial charge in [0.1, 0.15) is 5.82 Å². The summed E-state index contributed by atoms with van der Waals surface area (Å²) in [5, 5.41) is 10.7. The van der Waals surface area contributed by atoms with Crippen molar-refractivity contribution in [1.82, 2.24) is 9.78 Å². The quantitative estimate of drug-likeness (QED) is 0.692. The lowest BCUT2D eigenvalue weighted by atomic mass is 10.2. The third-order valence-electron chi connectivity index (χ3n) is 3.55. The highest BCUT2D eigenvalue weighted by molar-refractivity contribution is 7.91. The van der Waals surface area contributed by atoms with E-state index in [2.05, 4.69) is 10.4 Å². The fraction of sp³-hybridized carbons (Fsp3) is 0.125. The van der Waals surface area contributed by atoms with Crippen LogP contribution in [0, 0.1) is 0 Å². The van der Waals surface area contributed by atoms with Crippen LogP contribution in [-0.4, -0.2) is 29.9 Å². The molecule has 2 aromatic heterocycles. The zero-order chi connectivity index (χ0) is 18.7. The number of carbonyl (C=O) groups excluding carboxylic acids is 1. The molecule has 3 rings (SSSR count). The van der Waals surface area contributed by atoms with Gasteiger partial charge in [-0.3, -0.25) is 4.79 Å². The lowest BCUT2D eigenvalue weighted by Gasteiger charge is -2.09. The molecule has 0 radical (unpaired) electrons. The fourth-order valence-corrected chi connectivity index (χ4v) is 3.59. The largest absolute Gasteiger partial charge is 0.341 e. The molecule has 0 fully saturated rings.